The van der Waals surface area contributed by atoms with Crippen molar-refractivity contribution < 1.29 is 14.3 Å². The van der Waals surface area contributed by atoms with Gasteiger partial charge in [0.25, 0.3) is 0 Å². The first-order chi connectivity index (χ1) is 9.93. The highest BCUT2D eigenvalue weighted by molar-refractivity contribution is 7.17. The molecule has 2 heterocycles. The Hall–Kier alpha value is -1.47. The summed E-state index contributed by atoms with van der Waals surface area (Å²) in [4.78, 5) is 32.6. The highest BCUT2D eigenvalue weighted by Crippen LogP contribution is 2.28. The number of carbonyl (C=O) groups is 2. The second-order valence-electron chi connectivity index (χ2n) is 5.34. The van der Waals surface area contributed by atoms with Crippen molar-refractivity contribution in [2.75, 3.05) is 38.2 Å². The van der Waals surface area contributed by atoms with Crippen LogP contribution in [0.25, 0.3) is 0 Å². The van der Waals surface area contributed by atoms with Crippen molar-refractivity contribution in [3.63, 3.8) is 0 Å². The lowest BCUT2D eigenvalue weighted by atomic mass is 10.2. The summed E-state index contributed by atoms with van der Waals surface area (Å²) in [5.41, 5.74) is 0.135. The normalized spacial score (nSPS) is 16.3. The summed E-state index contributed by atoms with van der Waals surface area (Å²) in [5, 5.41) is 0.726. The van der Waals surface area contributed by atoms with Crippen LogP contribution in [0, 0.1) is 0 Å². The predicted octanol–water partition coefficient (Wildman–Crippen LogP) is 1.66. The maximum absolute atomic E-state index is 11.7. The molecule has 0 N–H and O–H groups in total. The lowest BCUT2D eigenvalue weighted by Crippen LogP contribution is -2.48. The van der Waals surface area contributed by atoms with Gasteiger partial charge in [-0.15, -0.1) is 0 Å². The molecule has 0 atom stereocenters. The second kappa shape index (κ2) is 6.53. The molecule has 1 saturated heterocycles. The highest BCUT2D eigenvalue weighted by Gasteiger charge is 2.26. The Bertz CT molecular complexity index is 534. The zero-order valence-corrected chi connectivity index (χ0v) is 13.7. The minimum Gasteiger partial charge on any atom is -0.464 e. The Kier molecular flexibility index (Phi) is 4.95. The third-order valence-corrected chi connectivity index (χ3v) is 4.85. The van der Waals surface area contributed by atoms with Crippen molar-refractivity contribution >= 4 is 28.2 Å². The summed E-state index contributed by atoms with van der Waals surface area (Å²) in [5.74, 6) is -0.705. The average molecular weight is 311 g/mol. The Morgan fingerprint density at radius 3 is 2.33 bits per heavy atom. The summed E-state index contributed by atoms with van der Waals surface area (Å²) in [7, 11) is 1.30. The van der Waals surface area contributed by atoms with Gasteiger partial charge in [0.2, 0.25) is 0 Å². The molecule has 1 aliphatic heterocycles. The minimum absolute atomic E-state index is 0.135. The summed E-state index contributed by atoms with van der Waals surface area (Å²) in [6.45, 7) is 9.43. The topological polar surface area (TPSA) is 62.7 Å². The van der Waals surface area contributed by atoms with Gasteiger partial charge in [-0.05, 0) is 13.8 Å². The van der Waals surface area contributed by atoms with E-state index < -0.39 is 5.97 Å². The molecule has 1 fully saturated rings. The van der Waals surface area contributed by atoms with Gasteiger partial charge < -0.3 is 9.64 Å². The Morgan fingerprint density at radius 2 is 1.86 bits per heavy atom. The molecule has 6 nitrogen and oxygen atoms in total. The molecular weight excluding hydrogens is 290 g/mol. The summed E-state index contributed by atoms with van der Waals surface area (Å²) in [6, 6.07) is 0.529. The molecule has 0 unspecified atom stereocenters. The SMILES string of the molecule is COC(=O)c1nc(N2CCN(C(C)C)CC2)sc1C(C)=O. The highest BCUT2D eigenvalue weighted by atomic mass is 32.1. The molecule has 0 saturated carbocycles. The van der Waals surface area contributed by atoms with Crippen LogP contribution in [0.4, 0.5) is 5.13 Å². The minimum atomic E-state index is -0.552. The molecule has 1 aromatic heterocycles. The Balaban J connectivity index is 2.18. The molecule has 0 amide bonds. The number of rotatable bonds is 4. The number of carbonyl (C=O) groups excluding carboxylic acids is 2. The lowest BCUT2D eigenvalue weighted by molar-refractivity contribution is 0.0591. The van der Waals surface area contributed by atoms with Crippen molar-refractivity contribution in [1.29, 1.82) is 0 Å². The van der Waals surface area contributed by atoms with E-state index in [1.54, 1.807) is 0 Å². The first-order valence-electron chi connectivity index (χ1n) is 7.03. The third-order valence-electron chi connectivity index (χ3n) is 3.63. The Labute approximate surface area is 128 Å². The number of ketones is 1. The van der Waals surface area contributed by atoms with Crippen LogP contribution in [0.5, 0.6) is 0 Å². The second-order valence-corrected chi connectivity index (χ2v) is 6.32. The number of thiazole rings is 1. The number of methoxy groups -OCH3 is 1. The fourth-order valence-corrected chi connectivity index (χ4v) is 3.35. The molecule has 0 aliphatic carbocycles. The van der Waals surface area contributed by atoms with Crippen LogP contribution < -0.4 is 4.90 Å². The standard InChI is InChI=1S/C14H21N3O3S/c1-9(2)16-5-7-17(8-6-16)14-15-11(13(19)20-4)12(21-14)10(3)18/h9H,5-8H2,1-4H3. The number of nitrogens with zero attached hydrogens (tertiary/aromatic N) is 3. The van der Waals surface area contributed by atoms with Gasteiger partial charge in [-0.2, -0.15) is 0 Å². The molecule has 0 bridgehead atoms. The van der Waals surface area contributed by atoms with Gasteiger partial charge in [-0.1, -0.05) is 11.3 Å². The molecule has 1 aromatic rings. The largest absolute Gasteiger partial charge is 0.464 e. The molecular formula is C14H21N3O3S. The van der Waals surface area contributed by atoms with E-state index in [4.69, 9.17) is 4.74 Å². The first-order valence-corrected chi connectivity index (χ1v) is 7.84. The van der Waals surface area contributed by atoms with Crippen molar-refractivity contribution in [3.05, 3.63) is 10.6 Å². The number of piperazine rings is 1. The van der Waals surface area contributed by atoms with Crippen LogP contribution in [0.3, 0.4) is 0 Å². The maximum atomic E-state index is 11.7. The van der Waals surface area contributed by atoms with E-state index in [-0.39, 0.29) is 11.5 Å². The van der Waals surface area contributed by atoms with E-state index in [0.717, 1.165) is 31.3 Å². The molecule has 21 heavy (non-hydrogen) atoms. The fourth-order valence-electron chi connectivity index (χ4n) is 2.35. The quantitative estimate of drug-likeness (QED) is 0.622. The molecule has 2 rings (SSSR count). The third kappa shape index (κ3) is 3.41. The number of aromatic nitrogens is 1. The summed E-state index contributed by atoms with van der Waals surface area (Å²) < 4.78 is 4.70. The molecule has 116 valence electrons. The first kappa shape index (κ1) is 15.9. The van der Waals surface area contributed by atoms with Crippen molar-refractivity contribution in [3.8, 4) is 0 Å². The number of esters is 1. The van der Waals surface area contributed by atoms with E-state index in [1.165, 1.54) is 25.4 Å². The molecule has 7 heteroatoms. The zero-order chi connectivity index (χ0) is 15.6. The van der Waals surface area contributed by atoms with E-state index >= 15 is 0 Å². The van der Waals surface area contributed by atoms with E-state index in [9.17, 15) is 9.59 Å². The summed E-state index contributed by atoms with van der Waals surface area (Å²) in [6.07, 6.45) is 0. The van der Waals surface area contributed by atoms with Crippen molar-refractivity contribution in [2.24, 2.45) is 0 Å². The summed E-state index contributed by atoms with van der Waals surface area (Å²) >= 11 is 1.27. The van der Waals surface area contributed by atoms with Crippen LogP contribution >= 0.6 is 11.3 Å². The number of anilines is 1. The van der Waals surface area contributed by atoms with Crippen LogP contribution in [0.2, 0.25) is 0 Å². The molecule has 0 aromatic carbocycles. The van der Waals surface area contributed by atoms with Gasteiger partial charge in [0.05, 0.1) is 7.11 Å². The van der Waals surface area contributed by atoms with Crippen LogP contribution in [0.1, 0.15) is 40.9 Å². The predicted molar refractivity (Wildman–Crippen MR) is 82.4 cm³/mol. The number of hydrogen-bond acceptors (Lipinski definition) is 7. The fraction of sp³-hybridized carbons (Fsp3) is 0.643. The van der Waals surface area contributed by atoms with Gasteiger partial charge in [0.15, 0.2) is 16.6 Å². The smallest absolute Gasteiger partial charge is 0.358 e. The molecule has 0 spiro atoms. The average Bonchev–Trinajstić information content (AvgIpc) is 2.92. The maximum Gasteiger partial charge on any atom is 0.358 e. The van der Waals surface area contributed by atoms with Crippen LogP contribution in [-0.4, -0.2) is 61.0 Å². The van der Waals surface area contributed by atoms with Gasteiger partial charge in [-0.25, -0.2) is 9.78 Å². The van der Waals surface area contributed by atoms with Gasteiger partial charge in [0.1, 0.15) is 4.88 Å². The van der Waals surface area contributed by atoms with Gasteiger partial charge in [0, 0.05) is 39.1 Å². The van der Waals surface area contributed by atoms with E-state index in [0.29, 0.717) is 10.9 Å². The van der Waals surface area contributed by atoms with E-state index in [2.05, 4.69) is 28.6 Å². The van der Waals surface area contributed by atoms with Crippen LogP contribution in [-0.2, 0) is 4.74 Å². The van der Waals surface area contributed by atoms with Crippen molar-refractivity contribution in [2.45, 2.75) is 26.8 Å². The van der Waals surface area contributed by atoms with Crippen LogP contribution in [0.15, 0.2) is 0 Å². The lowest BCUT2D eigenvalue weighted by Gasteiger charge is -2.36. The number of hydrogen-bond donors (Lipinski definition) is 0. The monoisotopic (exact) mass is 311 g/mol. The number of ether oxygens (including phenoxy) is 1. The molecule has 0 radical (unpaired) electrons. The van der Waals surface area contributed by atoms with Gasteiger partial charge in [-0.3, -0.25) is 9.69 Å². The molecule has 1 aliphatic rings. The van der Waals surface area contributed by atoms with Gasteiger partial charge >= 0.3 is 5.97 Å². The van der Waals surface area contributed by atoms with E-state index in [1.807, 2.05) is 0 Å². The van der Waals surface area contributed by atoms with Crippen molar-refractivity contribution in [1.82, 2.24) is 9.88 Å². The Morgan fingerprint density at radius 1 is 1.24 bits per heavy atom. The zero-order valence-electron chi connectivity index (χ0n) is 12.9. The number of Topliss-reactive ketones (excluding diaryl/α,β-unsaturated/α-hetero) is 1.